The Hall–Kier alpha value is -1.06. The first kappa shape index (κ1) is 13.4. The lowest BCUT2D eigenvalue weighted by Gasteiger charge is -2.09. The molecule has 94 valence electrons. The van der Waals surface area contributed by atoms with E-state index in [4.69, 9.17) is 11.6 Å². The molecule has 0 amide bonds. The molecule has 0 radical (unpaired) electrons. The fourth-order valence-electron chi connectivity index (χ4n) is 1.60. The molecule has 1 N–H and O–H groups in total. The molecule has 18 heavy (non-hydrogen) atoms. The summed E-state index contributed by atoms with van der Waals surface area (Å²) < 4.78 is 13.5. The van der Waals surface area contributed by atoms with Crippen LogP contribution in [0.1, 0.15) is 11.1 Å². The first-order valence-corrected chi connectivity index (χ1v) is 6.67. The van der Waals surface area contributed by atoms with Gasteiger partial charge in [0.2, 0.25) is 0 Å². The third-order valence-corrected chi connectivity index (χ3v) is 3.57. The van der Waals surface area contributed by atoms with Crippen LogP contribution in [0, 0.1) is 12.7 Å². The summed E-state index contributed by atoms with van der Waals surface area (Å²) in [6.45, 7) is 2.61. The highest BCUT2D eigenvalue weighted by Gasteiger charge is 2.03. The summed E-state index contributed by atoms with van der Waals surface area (Å²) in [6, 6.07) is 10.8. The van der Waals surface area contributed by atoms with Crippen LogP contribution in [0.5, 0.6) is 0 Å². The maximum atomic E-state index is 13.1. The summed E-state index contributed by atoms with van der Waals surface area (Å²) >= 11 is 9.30. The fourth-order valence-corrected chi connectivity index (χ4v) is 2.28. The van der Waals surface area contributed by atoms with E-state index in [1.807, 2.05) is 25.1 Å². The summed E-state index contributed by atoms with van der Waals surface area (Å²) in [7, 11) is 0. The minimum atomic E-state index is -0.270. The second-order valence-corrected chi connectivity index (χ2v) is 5.34. The Labute approximate surface area is 119 Å². The second kappa shape index (κ2) is 5.72. The molecule has 2 aromatic rings. The molecule has 0 spiro atoms. The molecule has 0 saturated heterocycles. The largest absolute Gasteiger partial charge is 0.381 e. The minimum absolute atomic E-state index is 0.270. The average molecular weight is 329 g/mol. The Bertz CT molecular complexity index is 572. The third kappa shape index (κ3) is 3.24. The van der Waals surface area contributed by atoms with Gasteiger partial charge in [-0.1, -0.05) is 23.7 Å². The number of aryl methyl sites for hydroxylation is 1. The predicted molar refractivity (Wildman–Crippen MR) is 77.6 cm³/mol. The lowest BCUT2D eigenvalue weighted by molar-refractivity contribution is 0.621. The highest BCUT2D eigenvalue weighted by Crippen LogP contribution is 2.22. The Morgan fingerprint density at radius 3 is 2.67 bits per heavy atom. The van der Waals surface area contributed by atoms with Gasteiger partial charge in [0.15, 0.2) is 0 Å². The van der Waals surface area contributed by atoms with Gasteiger partial charge >= 0.3 is 0 Å². The highest BCUT2D eigenvalue weighted by atomic mass is 79.9. The molecule has 0 unspecified atom stereocenters. The zero-order chi connectivity index (χ0) is 13.1. The van der Waals surface area contributed by atoms with Gasteiger partial charge in [-0.2, -0.15) is 0 Å². The number of halogens is 3. The second-order valence-electron chi connectivity index (χ2n) is 4.08. The number of anilines is 1. The van der Waals surface area contributed by atoms with Crippen LogP contribution < -0.4 is 5.32 Å². The number of hydrogen-bond donors (Lipinski definition) is 1. The molecule has 0 aliphatic heterocycles. The molecule has 0 saturated carbocycles. The van der Waals surface area contributed by atoms with Gasteiger partial charge < -0.3 is 5.32 Å². The van der Waals surface area contributed by atoms with E-state index in [0.717, 1.165) is 21.8 Å². The zero-order valence-corrected chi connectivity index (χ0v) is 12.1. The van der Waals surface area contributed by atoms with E-state index in [-0.39, 0.29) is 5.82 Å². The molecule has 0 bridgehead atoms. The Morgan fingerprint density at radius 1 is 1.22 bits per heavy atom. The van der Waals surface area contributed by atoms with E-state index in [9.17, 15) is 4.39 Å². The van der Waals surface area contributed by atoms with Crippen molar-refractivity contribution in [3.63, 3.8) is 0 Å². The first-order valence-electron chi connectivity index (χ1n) is 5.50. The van der Waals surface area contributed by atoms with Crippen LogP contribution in [0.2, 0.25) is 5.02 Å². The van der Waals surface area contributed by atoms with E-state index in [1.165, 1.54) is 6.07 Å². The molecule has 0 aromatic heterocycles. The molecule has 1 nitrogen and oxygen atoms in total. The number of hydrogen-bond acceptors (Lipinski definition) is 1. The van der Waals surface area contributed by atoms with Crippen molar-refractivity contribution in [1.82, 2.24) is 0 Å². The molecule has 0 aliphatic carbocycles. The molecule has 0 aliphatic rings. The van der Waals surface area contributed by atoms with E-state index in [2.05, 4.69) is 21.2 Å². The van der Waals surface area contributed by atoms with Gasteiger partial charge in [-0.25, -0.2) is 4.39 Å². The van der Waals surface area contributed by atoms with Crippen molar-refractivity contribution in [2.75, 3.05) is 5.32 Å². The maximum Gasteiger partial charge on any atom is 0.137 e. The summed E-state index contributed by atoms with van der Waals surface area (Å²) in [6.07, 6.45) is 0. The van der Waals surface area contributed by atoms with Gasteiger partial charge in [0, 0.05) is 17.3 Å². The lowest BCUT2D eigenvalue weighted by Crippen LogP contribution is -2.00. The number of nitrogens with one attached hydrogen (secondary N) is 1. The molecular weight excluding hydrogens is 317 g/mol. The average Bonchev–Trinajstić information content (AvgIpc) is 2.32. The quantitative estimate of drug-likeness (QED) is 0.820. The van der Waals surface area contributed by atoms with E-state index in [0.29, 0.717) is 11.0 Å². The van der Waals surface area contributed by atoms with Crippen LogP contribution in [0.25, 0.3) is 0 Å². The molecule has 2 aromatic carbocycles. The first-order chi connectivity index (χ1) is 8.56. The van der Waals surface area contributed by atoms with Crippen LogP contribution >= 0.6 is 27.5 Å². The fraction of sp³-hybridized carbons (Fsp3) is 0.143. The normalized spacial score (nSPS) is 10.4. The van der Waals surface area contributed by atoms with E-state index < -0.39 is 0 Å². The van der Waals surface area contributed by atoms with Gasteiger partial charge in [-0.3, -0.25) is 0 Å². The molecule has 0 fully saturated rings. The Morgan fingerprint density at radius 2 is 2.00 bits per heavy atom. The maximum absolute atomic E-state index is 13.1. The molecular formula is C14H12BrClFN. The summed E-state index contributed by atoms with van der Waals surface area (Å²) in [5, 5.41) is 3.95. The van der Waals surface area contributed by atoms with Crippen LogP contribution in [0.4, 0.5) is 10.1 Å². The number of benzene rings is 2. The van der Waals surface area contributed by atoms with Crippen molar-refractivity contribution in [2.24, 2.45) is 0 Å². The van der Waals surface area contributed by atoms with Crippen molar-refractivity contribution in [2.45, 2.75) is 13.5 Å². The van der Waals surface area contributed by atoms with E-state index >= 15 is 0 Å². The smallest absolute Gasteiger partial charge is 0.137 e. The van der Waals surface area contributed by atoms with Crippen LogP contribution in [-0.2, 0) is 6.54 Å². The van der Waals surface area contributed by atoms with Gasteiger partial charge in [-0.15, -0.1) is 0 Å². The van der Waals surface area contributed by atoms with Gasteiger partial charge in [0.1, 0.15) is 5.82 Å². The Kier molecular flexibility index (Phi) is 4.25. The molecule has 0 heterocycles. The zero-order valence-electron chi connectivity index (χ0n) is 9.81. The molecule has 4 heteroatoms. The monoisotopic (exact) mass is 327 g/mol. The van der Waals surface area contributed by atoms with Gasteiger partial charge in [0.25, 0.3) is 0 Å². The van der Waals surface area contributed by atoms with Crippen molar-refractivity contribution in [3.05, 3.63) is 62.8 Å². The van der Waals surface area contributed by atoms with Gasteiger partial charge in [-0.05, 0) is 58.2 Å². The van der Waals surface area contributed by atoms with Crippen LogP contribution in [0.15, 0.2) is 40.9 Å². The van der Waals surface area contributed by atoms with Crippen LogP contribution in [-0.4, -0.2) is 0 Å². The highest BCUT2D eigenvalue weighted by molar-refractivity contribution is 9.10. The minimum Gasteiger partial charge on any atom is -0.381 e. The van der Waals surface area contributed by atoms with E-state index in [1.54, 1.807) is 12.1 Å². The predicted octanol–water partition coefficient (Wildman–Crippen LogP) is 5.16. The van der Waals surface area contributed by atoms with Crippen LogP contribution in [0.3, 0.4) is 0 Å². The van der Waals surface area contributed by atoms with Crippen molar-refractivity contribution < 1.29 is 4.39 Å². The van der Waals surface area contributed by atoms with Crippen molar-refractivity contribution >= 4 is 33.2 Å². The molecule has 0 atom stereocenters. The van der Waals surface area contributed by atoms with Crippen molar-refractivity contribution in [3.8, 4) is 0 Å². The van der Waals surface area contributed by atoms with Gasteiger partial charge in [0.05, 0.1) is 4.47 Å². The SMILES string of the molecule is Cc1ccc(CNc2ccc(F)c(Br)c2)c(Cl)c1. The molecule has 2 rings (SSSR count). The third-order valence-electron chi connectivity index (χ3n) is 2.61. The standard InChI is InChI=1S/C14H12BrClFN/c1-9-2-3-10(13(16)6-9)8-18-11-4-5-14(17)12(15)7-11/h2-7,18H,8H2,1H3. The van der Waals surface area contributed by atoms with Crippen molar-refractivity contribution in [1.29, 1.82) is 0 Å². The lowest BCUT2D eigenvalue weighted by atomic mass is 10.1. The number of rotatable bonds is 3. The summed E-state index contributed by atoms with van der Waals surface area (Å²) in [5.74, 6) is -0.270. The summed E-state index contributed by atoms with van der Waals surface area (Å²) in [5.41, 5.74) is 3.00. The topological polar surface area (TPSA) is 12.0 Å². The summed E-state index contributed by atoms with van der Waals surface area (Å²) in [4.78, 5) is 0. The Balaban J connectivity index is 2.09.